The second-order valence-corrected chi connectivity index (χ2v) is 5.46. The van der Waals surface area contributed by atoms with Gasteiger partial charge in [0, 0.05) is 19.1 Å². The third-order valence-corrected chi connectivity index (χ3v) is 3.67. The summed E-state index contributed by atoms with van der Waals surface area (Å²) in [6.45, 7) is 8.13. The molecule has 0 saturated carbocycles. The van der Waals surface area contributed by atoms with Gasteiger partial charge in [-0.1, -0.05) is 13.8 Å². The molecule has 0 aromatic carbocycles. The van der Waals surface area contributed by atoms with Crippen molar-refractivity contribution < 1.29 is 4.39 Å². The Balaban J connectivity index is 2.18. The van der Waals surface area contributed by atoms with Gasteiger partial charge in [-0.15, -0.1) is 0 Å². The lowest BCUT2D eigenvalue weighted by Crippen LogP contribution is -2.41. The number of piperidine rings is 1. The molecule has 2 unspecified atom stereocenters. The Labute approximate surface area is 114 Å². The summed E-state index contributed by atoms with van der Waals surface area (Å²) in [6, 6.07) is 0.326. The van der Waals surface area contributed by atoms with E-state index < -0.39 is 0 Å². The molecule has 1 aromatic heterocycles. The lowest BCUT2D eigenvalue weighted by Gasteiger charge is -2.37. The summed E-state index contributed by atoms with van der Waals surface area (Å²) in [7, 11) is 0. The normalized spacial score (nSPS) is 23.5. The summed E-state index contributed by atoms with van der Waals surface area (Å²) in [5, 5.41) is 3.11. The first-order valence-corrected chi connectivity index (χ1v) is 7.14. The molecule has 0 aliphatic carbocycles. The van der Waals surface area contributed by atoms with Gasteiger partial charge in [-0.2, -0.15) is 4.98 Å². The zero-order valence-corrected chi connectivity index (χ0v) is 12.0. The molecule has 19 heavy (non-hydrogen) atoms. The maximum absolute atomic E-state index is 14.0. The van der Waals surface area contributed by atoms with Crippen LogP contribution in [-0.2, 0) is 0 Å². The highest BCUT2D eigenvalue weighted by Crippen LogP contribution is 2.28. The Kier molecular flexibility index (Phi) is 4.56. The number of hydrogen-bond donors (Lipinski definition) is 1. The van der Waals surface area contributed by atoms with Crippen molar-refractivity contribution in [1.29, 1.82) is 0 Å². The molecule has 2 atom stereocenters. The third-order valence-electron chi connectivity index (χ3n) is 3.67. The molecule has 2 heterocycles. The number of nitrogens with one attached hydrogen (secondary N) is 1. The molecule has 4 nitrogen and oxygen atoms in total. The molecule has 106 valence electrons. The molecule has 0 spiro atoms. The first-order valence-electron chi connectivity index (χ1n) is 7.14. The molecule has 2 rings (SSSR count). The first kappa shape index (κ1) is 14.0. The van der Waals surface area contributed by atoms with E-state index in [1.807, 2.05) is 0 Å². The van der Waals surface area contributed by atoms with Crippen LogP contribution < -0.4 is 10.2 Å². The highest BCUT2D eigenvalue weighted by Gasteiger charge is 2.26. The van der Waals surface area contributed by atoms with Crippen LogP contribution in [0, 0.1) is 11.7 Å². The highest BCUT2D eigenvalue weighted by molar-refractivity contribution is 5.45. The predicted octanol–water partition coefficient (Wildman–Crippen LogP) is 3.06. The fourth-order valence-electron chi connectivity index (χ4n) is 2.60. The number of hydrogen-bond acceptors (Lipinski definition) is 4. The van der Waals surface area contributed by atoms with Crippen LogP contribution in [0.5, 0.6) is 0 Å². The molecule has 0 amide bonds. The average Bonchev–Trinajstić information content (AvgIpc) is 2.38. The highest BCUT2D eigenvalue weighted by atomic mass is 19.1. The van der Waals surface area contributed by atoms with E-state index >= 15 is 0 Å². The number of anilines is 2. The zero-order valence-electron chi connectivity index (χ0n) is 12.0. The van der Waals surface area contributed by atoms with Crippen LogP contribution in [0.25, 0.3) is 0 Å². The fraction of sp³-hybridized carbons (Fsp3) is 0.714. The number of halogens is 1. The average molecular weight is 266 g/mol. The Morgan fingerprint density at radius 1 is 1.47 bits per heavy atom. The largest absolute Gasteiger partial charge is 0.354 e. The maximum Gasteiger partial charge on any atom is 0.224 e. The molecule has 1 aliphatic heterocycles. The summed E-state index contributed by atoms with van der Waals surface area (Å²) < 4.78 is 14.0. The van der Waals surface area contributed by atoms with Gasteiger partial charge in [-0.05, 0) is 32.1 Å². The van der Waals surface area contributed by atoms with E-state index in [9.17, 15) is 4.39 Å². The third kappa shape index (κ3) is 3.33. The van der Waals surface area contributed by atoms with Crippen molar-refractivity contribution in [3.8, 4) is 0 Å². The molecule has 0 bridgehead atoms. The van der Waals surface area contributed by atoms with Crippen molar-refractivity contribution in [3.63, 3.8) is 0 Å². The van der Waals surface area contributed by atoms with Crippen molar-refractivity contribution >= 4 is 11.8 Å². The van der Waals surface area contributed by atoms with Gasteiger partial charge >= 0.3 is 0 Å². The second kappa shape index (κ2) is 6.17. The van der Waals surface area contributed by atoms with Gasteiger partial charge in [0.15, 0.2) is 11.6 Å². The van der Waals surface area contributed by atoms with Crippen LogP contribution in [0.2, 0.25) is 0 Å². The van der Waals surface area contributed by atoms with E-state index in [1.54, 1.807) is 0 Å². The van der Waals surface area contributed by atoms with Crippen molar-refractivity contribution in [1.82, 2.24) is 9.97 Å². The summed E-state index contributed by atoms with van der Waals surface area (Å²) >= 11 is 0. The minimum absolute atomic E-state index is 0.326. The summed E-state index contributed by atoms with van der Waals surface area (Å²) in [5.41, 5.74) is 0. The van der Waals surface area contributed by atoms with Crippen molar-refractivity contribution in [2.75, 3.05) is 23.3 Å². The van der Waals surface area contributed by atoms with Crippen LogP contribution in [0.1, 0.15) is 40.0 Å². The topological polar surface area (TPSA) is 41.1 Å². The van der Waals surface area contributed by atoms with E-state index in [0.717, 1.165) is 32.4 Å². The number of aromatic nitrogens is 2. The minimum atomic E-state index is -0.330. The monoisotopic (exact) mass is 266 g/mol. The molecule has 1 aliphatic rings. The van der Waals surface area contributed by atoms with Crippen LogP contribution in [0.3, 0.4) is 0 Å². The summed E-state index contributed by atoms with van der Waals surface area (Å²) in [6.07, 6.45) is 4.44. The van der Waals surface area contributed by atoms with Gasteiger partial charge in [0.25, 0.3) is 0 Å². The molecular formula is C14H23FN4. The smallest absolute Gasteiger partial charge is 0.224 e. The Morgan fingerprint density at radius 2 is 2.26 bits per heavy atom. The SMILES string of the molecule is CCCNc1ncc(F)c(N2CCC(C)CC2C)n1. The fourth-order valence-corrected chi connectivity index (χ4v) is 2.60. The number of rotatable bonds is 4. The van der Waals surface area contributed by atoms with E-state index in [1.165, 1.54) is 6.20 Å². The van der Waals surface area contributed by atoms with Gasteiger partial charge in [-0.25, -0.2) is 9.37 Å². The molecule has 0 radical (unpaired) electrons. The number of nitrogens with zero attached hydrogens (tertiary/aromatic N) is 3. The van der Waals surface area contributed by atoms with E-state index in [2.05, 4.69) is 41.0 Å². The van der Waals surface area contributed by atoms with Crippen LogP contribution >= 0.6 is 0 Å². The first-order chi connectivity index (χ1) is 9.11. The molecule has 5 heteroatoms. The van der Waals surface area contributed by atoms with Crippen molar-refractivity contribution in [2.24, 2.45) is 5.92 Å². The molecule has 1 saturated heterocycles. The van der Waals surface area contributed by atoms with E-state index in [4.69, 9.17) is 0 Å². The van der Waals surface area contributed by atoms with E-state index in [0.29, 0.717) is 23.7 Å². The molecule has 1 aromatic rings. The summed E-state index contributed by atoms with van der Waals surface area (Å²) in [4.78, 5) is 10.4. The molecule has 1 N–H and O–H groups in total. The van der Waals surface area contributed by atoms with Gasteiger partial charge in [0.1, 0.15) is 0 Å². The van der Waals surface area contributed by atoms with Crippen molar-refractivity contribution in [2.45, 2.75) is 46.1 Å². The van der Waals surface area contributed by atoms with Gasteiger partial charge in [-0.3, -0.25) is 0 Å². The van der Waals surface area contributed by atoms with Crippen LogP contribution in [-0.4, -0.2) is 29.1 Å². The second-order valence-electron chi connectivity index (χ2n) is 5.46. The van der Waals surface area contributed by atoms with Gasteiger partial charge in [0.05, 0.1) is 6.20 Å². The van der Waals surface area contributed by atoms with Gasteiger partial charge in [0.2, 0.25) is 5.95 Å². The summed E-state index contributed by atoms with van der Waals surface area (Å²) in [5.74, 6) is 1.33. The predicted molar refractivity (Wildman–Crippen MR) is 76.0 cm³/mol. The lowest BCUT2D eigenvalue weighted by molar-refractivity contribution is 0.372. The van der Waals surface area contributed by atoms with Crippen LogP contribution in [0.15, 0.2) is 6.20 Å². The Morgan fingerprint density at radius 3 is 2.95 bits per heavy atom. The molecule has 1 fully saturated rings. The quantitative estimate of drug-likeness (QED) is 0.909. The molecular weight excluding hydrogens is 243 g/mol. The maximum atomic E-state index is 14.0. The van der Waals surface area contributed by atoms with Crippen molar-refractivity contribution in [3.05, 3.63) is 12.0 Å². The van der Waals surface area contributed by atoms with Crippen LogP contribution in [0.4, 0.5) is 16.2 Å². The van der Waals surface area contributed by atoms with E-state index in [-0.39, 0.29) is 5.82 Å². The minimum Gasteiger partial charge on any atom is -0.354 e. The van der Waals surface area contributed by atoms with Gasteiger partial charge < -0.3 is 10.2 Å². The Bertz CT molecular complexity index is 424. The standard InChI is InChI=1S/C14H23FN4/c1-4-6-16-14-17-9-12(15)13(18-14)19-7-5-10(2)8-11(19)3/h9-11H,4-8H2,1-3H3,(H,16,17,18). The zero-order chi connectivity index (χ0) is 13.8. The Hall–Kier alpha value is -1.39. The lowest BCUT2D eigenvalue weighted by atomic mass is 9.93.